The maximum absolute atomic E-state index is 9.60. The Balaban J connectivity index is 1.90. The molecule has 0 bridgehead atoms. The summed E-state index contributed by atoms with van der Waals surface area (Å²) in [5.74, 6) is 1.19. The molecule has 0 aliphatic rings. The molecule has 0 N–H and O–H groups in total. The molecule has 0 radical (unpaired) electrons. The minimum Gasteiger partial charge on any atom is -0.493 e. The molecule has 0 heterocycles. The Hall–Kier alpha value is -2.01. The SMILES string of the molecule is COc1cc(C=C(C#N)c2ccccc2Cl)cc(Br)c1OCc1ccc(I)cc1. The van der Waals surface area contributed by atoms with Gasteiger partial charge in [-0.2, -0.15) is 5.26 Å². The Kier molecular flexibility index (Phi) is 7.59. The van der Waals surface area contributed by atoms with E-state index in [0.717, 1.165) is 15.6 Å². The van der Waals surface area contributed by atoms with Crippen molar-refractivity contribution in [1.82, 2.24) is 0 Å². The number of rotatable bonds is 6. The first-order valence-electron chi connectivity index (χ1n) is 8.63. The van der Waals surface area contributed by atoms with Gasteiger partial charge in [0, 0.05) is 14.2 Å². The zero-order valence-electron chi connectivity index (χ0n) is 15.5. The molecule has 0 fully saturated rings. The van der Waals surface area contributed by atoms with Crippen molar-refractivity contribution in [2.24, 2.45) is 0 Å². The fraction of sp³-hybridized carbons (Fsp3) is 0.0870. The number of ether oxygens (including phenoxy) is 2. The highest BCUT2D eigenvalue weighted by atomic mass is 127. The number of halogens is 3. The Bertz CT molecular complexity index is 1090. The van der Waals surface area contributed by atoms with E-state index in [1.54, 1.807) is 19.3 Å². The number of nitrogens with zero attached hydrogens (tertiary/aromatic N) is 1. The lowest BCUT2D eigenvalue weighted by Gasteiger charge is -2.14. The smallest absolute Gasteiger partial charge is 0.175 e. The molecule has 0 aliphatic carbocycles. The minimum atomic E-state index is 0.421. The largest absolute Gasteiger partial charge is 0.493 e. The van der Waals surface area contributed by atoms with Crippen LogP contribution in [0.1, 0.15) is 16.7 Å². The Morgan fingerprint density at radius 2 is 1.90 bits per heavy atom. The topological polar surface area (TPSA) is 42.2 Å². The van der Waals surface area contributed by atoms with Gasteiger partial charge in [0.15, 0.2) is 11.5 Å². The molecule has 0 spiro atoms. The quantitative estimate of drug-likeness (QED) is 0.174. The van der Waals surface area contributed by atoms with Gasteiger partial charge in [0.1, 0.15) is 6.61 Å². The minimum absolute atomic E-state index is 0.421. The molecule has 3 aromatic carbocycles. The van der Waals surface area contributed by atoms with Crippen LogP contribution in [0.4, 0.5) is 0 Å². The van der Waals surface area contributed by atoms with Crippen LogP contribution < -0.4 is 9.47 Å². The van der Waals surface area contributed by atoms with Gasteiger partial charge in [0.25, 0.3) is 0 Å². The van der Waals surface area contributed by atoms with E-state index in [1.807, 2.05) is 54.6 Å². The van der Waals surface area contributed by atoms with E-state index in [-0.39, 0.29) is 0 Å². The average molecular weight is 581 g/mol. The van der Waals surface area contributed by atoms with Gasteiger partial charge in [0.2, 0.25) is 0 Å². The summed E-state index contributed by atoms with van der Waals surface area (Å²) in [5, 5.41) is 10.1. The van der Waals surface area contributed by atoms with Crippen molar-refractivity contribution in [1.29, 1.82) is 5.26 Å². The van der Waals surface area contributed by atoms with E-state index >= 15 is 0 Å². The lowest BCUT2D eigenvalue weighted by atomic mass is 10.0. The first-order valence-corrected chi connectivity index (χ1v) is 10.9. The van der Waals surface area contributed by atoms with Crippen LogP contribution in [0.3, 0.4) is 0 Å². The predicted molar refractivity (Wildman–Crippen MR) is 129 cm³/mol. The van der Waals surface area contributed by atoms with Gasteiger partial charge in [-0.25, -0.2) is 0 Å². The summed E-state index contributed by atoms with van der Waals surface area (Å²) in [7, 11) is 1.59. The highest BCUT2D eigenvalue weighted by Crippen LogP contribution is 2.38. The molecule has 146 valence electrons. The second-order valence-corrected chi connectivity index (χ2v) is 8.61. The van der Waals surface area contributed by atoms with Crippen LogP contribution in [0.25, 0.3) is 11.6 Å². The van der Waals surface area contributed by atoms with Gasteiger partial charge in [-0.05, 0) is 86.1 Å². The summed E-state index contributed by atoms with van der Waals surface area (Å²) in [6, 6.07) is 21.4. The molecule has 3 nitrogen and oxygen atoms in total. The van der Waals surface area contributed by atoms with Crippen LogP contribution in [0.2, 0.25) is 5.02 Å². The molecule has 0 saturated carbocycles. The van der Waals surface area contributed by atoms with Crippen molar-refractivity contribution in [2.75, 3.05) is 7.11 Å². The monoisotopic (exact) mass is 579 g/mol. The van der Waals surface area contributed by atoms with Crippen molar-refractivity contribution in [3.63, 3.8) is 0 Å². The van der Waals surface area contributed by atoms with Crippen molar-refractivity contribution in [3.05, 3.63) is 90.4 Å². The predicted octanol–water partition coefficient (Wildman–Crippen LogP) is 7.36. The first kappa shape index (κ1) is 21.7. The molecule has 0 amide bonds. The highest BCUT2D eigenvalue weighted by Gasteiger charge is 2.13. The summed E-state index contributed by atoms with van der Waals surface area (Å²) in [5.41, 5.74) is 3.02. The highest BCUT2D eigenvalue weighted by molar-refractivity contribution is 14.1. The fourth-order valence-corrected chi connectivity index (χ4v) is 3.89. The Morgan fingerprint density at radius 3 is 2.55 bits per heavy atom. The molecule has 0 aromatic heterocycles. The summed E-state index contributed by atoms with van der Waals surface area (Å²) < 4.78 is 13.4. The molecule has 6 heteroatoms. The van der Waals surface area contributed by atoms with Gasteiger partial charge >= 0.3 is 0 Å². The molecule has 0 saturated heterocycles. The van der Waals surface area contributed by atoms with E-state index in [0.29, 0.717) is 34.3 Å². The number of hydrogen-bond acceptors (Lipinski definition) is 3. The third-order valence-electron chi connectivity index (χ3n) is 4.14. The molecule has 0 aliphatic heterocycles. The third kappa shape index (κ3) is 5.53. The van der Waals surface area contributed by atoms with Gasteiger partial charge in [-0.1, -0.05) is 41.9 Å². The van der Waals surface area contributed by atoms with Crippen LogP contribution in [0.5, 0.6) is 11.5 Å². The van der Waals surface area contributed by atoms with Crippen LogP contribution in [0, 0.1) is 14.9 Å². The summed E-state index contributed by atoms with van der Waals surface area (Å²) in [6.45, 7) is 0.421. The van der Waals surface area contributed by atoms with E-state index in [9.17, 15) is 5.26 Å². The number of hydrogen-bond donors (Lipinski definition) is 0. The van der Waals surface area contributed by atoms with E-state index in [2.05, 4.69) is 44.6 Å². The molecular weight excluding hydrogens is 565 g/mol. The van der Waals surface area contributed by atoms with Gasteiger partial charge in [0.05, 0.1) is 23.2 Å². The van der Waals surface area contributed by atoms with Gasteiger partial charge < -0.3 is 9.47 Å². The number of allylic oxidation sites excluding steroid dienone is 1. The molecule has 0 unspecified atom stereocenters. The molecule has 3 rings (SSSR count). The number of benzene rings is 3. The molecule has 3 aromatic rings. The third-order valence-corrected chi connectivity index (χ3v) is 5.78. The van der Waals surface area contributed by atoms with Gasteiger partial charge in [-0.3, -0.25) is 0 Å². The lowest BCUT2D eigenvalue weighted by molar-refractivity contribution is 0.282. The van der Waals surface area contributed by atoms with Crippen LogP contribution in [0.15, 0.2) is 65.1 Å². The molecular formula is C23H16BrClINO2. The van der Waals surface area contributed by atoms with Crippen LogP contribution in [-0.2, 0) is 6.61 Å². The van der Waals surface area contributed by atoms with Gasteiger partial charge in [-0.15, -0.1) is 0 Å². The van der Waals surface area contributed by atoms with Crippen molar-refractivity contribution in [2.45, 2.75) is 6.61 Å². The van der Waals surface area contributed by atoms with E-state index < -0.39 is 0 Å². The fourth-order valence-electron chi connectivity index (χ4n) is 2.72. The second kappa shape index (κ2) is 10.1. The molecule has 29 heavy (non-hydrogen) atoms. The summed E-state index contributed by atoms with van der Waals surface area (Å²) in [6.07, 6.45) is 1.78. The average Bonchev–Trinajstić information content (AvgIpc) is 2.72. The Labute approximate surface area is 197 Å². The van der Waals surface area contributed by atoms with Crippen LogP contribution in [-0.4, -0.2) is 7.11 Å². The standard InChI is InChI=1S/C23H16BrClINO2/c1-28-22-12-16(10-17(13-27)19-4-2-3-5-21(19)25)11-20(24)23(22)29-14-15-6-8-18(26)9-7-15/h2-12H,14H2,1H3. The van der Waals surface area contributed by atoms with Crippen molar-refractivity contribution < 1.29 is 9.47 Å². The normalized spacial score (nSPS) is 11.1. The van der Waals surface area contributed by atoms with Crippen molar-refractivity contribution >= 4 is 61.8 Å². The van der Waals surface area contributed by atoms with E-state index in [1.165, 1.54) is 3.57 Å². The van der Waals surface area contributed by atoms with E-state index in [4.69, 9.17) is 21.1 Å². The number of methoxy groups -OCH3 is 1. The Morgan fingerprint density at radius 1 is 1.17 bits per heavy atom. The molecule has 0 atom stereocenters. The maximum atomic E-state index is 9.60. The summed E-state index contributed by atoms with van der Waals surface area (Å²) >= 11 is 12.1. The second-order valence-electron chi connectivity index (χ2n) is 6.10. The zero-order chi connectivity index (χ0) is 20.8. The zero-order valence-corrected chi connectivity index (χ0v) is 20.0. The number of nitriles is 1. The maximum Gasteiger partial charge on any atom is 0.175 e. The first-order chi connectivity index (χ1) is 14.0. The van der Waals surface area contributed by atoms with Crippen molar-refractivity contribution in [3.8, 4) is 17.6 Å². The lowest BCUT2D eigenvalue weighted by Crippen LogP contribution is -1.99. The summed E-state index contributed by atoms with van der Waals surface area (Å²) in [4.78, 5) is 0. The van der Waals surface area contributed by atoms with Crippen LogP contribution >= 0.6 is 50.1 Å².